The number of aromatic nitrogens is 4. The molecule has 0 bridgehead atoms. The molecule has 140 valence electrons. The summed E-state index contributed by atoms with van der Waals surface area (Å²) in [4.78, 5) is 21.6. The van der Waals surface area contributed by atoms with Crippen LogP contribution in [-0.2, 0) is 6.54 Å². The van der Waals surface area contributed by atoms with E-state index in [0.717, 1.165) is 49.4 Å². The van der Waals surface area contributed by atoms with Gasteiger partial charge in [0.1, 0.15) is 0 Å². The van der Waals surface area contributed by atoms with Crippen molar-refractivity contribution in [3.63, 3.8) is 0 Å². The number of aromatic amines is 1. The number of H-pyrrole nitrogens is 1. The van der Waals surface area contributed by atoms with Crippen molar-refractivity contribution in [3.8, 4) is 11.3 Å². The summed E-state index contributed by atoms with van der Waals surface area (Å²) in [5.41, 5.74) is 3.91. The van der Waals surface area contributed by atoms with Crippen molar-refractivity contribution < 1.29 is 4.79 Å². The lowest BCUT2D eigenvalue weighted by molar-refractivity contribution is 0.175. The minimum Gasteiger partial charge on any atom is -0.345 e. The van der Waals surface area contributed by atoms with E-state index in [0.29, 0.717) is 5.92 Å². The van der Waals surface area contributed by atoms with Crippen LogP contribution in [0.4, 0.5) is 10.5 Å². The van der Waals surface area contributed by atoms with E-state index < -0.39 is 0 Å². The Balaban J connectivity index is 1.31. The van der Waals surface area contributed by atoms with Crippen LogP contribution in [0.5, 0.6) is 0 Å². The Hall–Kier alpha value is -3.09. The van der Waals surface area contributed by atoms with Crippen LogP contribution in [0, 0.1) is 12.8 Å². The first kappa shape index (κ1) is 17.3. The third-order valence-corrected chi connectivity index (χ3v) is 5.03. The fourth-order valence-corrected chi connectivity index (χ4v) is 3.53. The number of rotatable bonds is 4. The van der Waals surface area contributed by atoms with Gasteiger partial charge in [-0.2, -0.15) is 5.10 Å². The molecule has 1 aromatic carbocycles. The van der Waals surface area contributed by atoms with Gasteiger partial charge in [0.15, 0.2) is 0 Å². The Bertz CT molecular complexity index is 893. The van der Waals surface area contributed by atoms with E-state index in [1.165, 1.54) is 5.56 Å². The first-order valence-corrected chi connectivity index (χ1v) is 9.31. The standard InChI is InChI=1S/C20H24N6O/c1-15-10-23-26(12-15)13-16-5-7-25(8-6-16)20(27)24-18-4-2-3-17(9-18)19-11-21-14-22-19/h2-4,9-12,14,16H,5-8,13H2,1H3,(H,21,22)(H,24,27). The van der Waals surface area contributed by atoms with Gasteiger partial charge < -0.3 is 15.2 Å². The molecule has 0 spiro atoms. The Morgan fingerprint density at radius 3 is 2.85 bits per heavy atom. The second-order valence-corrected chi connectivity index (χ2v) is 7.15. The Labute approximate surface area is 158 Å². The number of hydrogen-bond acceptors (Lipinski definition) is 3. The molecule has 1 aliphatic heterocycles. The van der Waals surface area contributed by atoms with Crippen LogP contribution in [0.25, 0.3) is 11.3 Å². The molecular formula is C20H24N6O. The summed E-state index contributed by atoms with van der Waals surface area (Å²) >= 11 is 0. The predicted molar refractivity (Wildman–Crippen MR) is 104 cm³/mol. The Morgan fingerprint density at radius 1 is 1.30 bits per heavy atom. The topological polar surface area (TPSA) is 78.8 Å². The van der Waals surface area contributed by atoms with Crippen LogP contribution in [-0.4, -0.2) is 43.8 Å². The Kier molecular flexibility index (Phi) is 4.91. The number of amides is 2. The van der Waals surface area contributed by atoms with E-state index in [1.807, 2.05) is 40.0 Å². The van der Waals surface area contributed by atoms with Crippen molar-refractivity contribution in [1.29, 1.82) is 0 Å². The van der Waals surface area contributed by atoms with Crippen LogP contribution >= 0.6 is 0 Å². The first-order valence-electron chi connectivity index (χ1n) is 9.31. The lowest BCUT2D eigenvalue weighted by Gasteiger charge is -2.32. The molecule has 0 atom stereocenters. The maximum atomic E-state index is 12.6. The van der Waals surface area contributed by atoms with Crippen molar-refractivity contribution >= 4 is 11.7 Å². The van der Waals surface area contributed by atoms with Gasteiger partial charge in [-0.3, -0.25) is 4.68 Å². The second-order valence-electron chi connectivity index (χ2n) is 7.15. The van der Waals surface area contributed by atoms with Gasteiger partial charge in [0.25, 0.3) is 0 Å². The summed E-state index contributed by atoms with van der Waals surface area (Å²) in [5, 5.41) is 7.38. The zero-order valence-corrected chi connectivity index (χ0v) is 15.4. The summed E-state index contributed by atoms with van der Waals surface area (Å²) in [5.74, 6) is 0.567. The summed E-state index contributed by atoms with van der Waals surface area (Å²) in [6.45, 7) is 4.53. The summed E-state index contributed by atoms with van der Waals surface area (Å²) in [6.07, 6.45) is 9.38. The molecule has 3 aromatic rings. The number of imidazole rings is 1. The van der Waals surface area contributed by atoms with Gasteiger partial charge in [-0.1, -0.05) is 12.1 Å². The number of urea groups is 1. The molecule has 27 heavy (non-hydrogen) atoms. The third kappa shape index (κ3) is 4.19. The number of piperidine rings is 1. The van der Waals surface area contributed by atoms with Crippen LogP contribution in [0.3, 0.4) is 0 Å². The van der Waals surface area contributed by atoms with Crippen molar-refractivity contribution in [2.75, 3.05) is 18.4 Å². The van der Waals surface area contributed by atoms with Crippen LogP contribution in [0.15, 0.2) is 49.2 Å². The smallest absolute Gasteiger partial charge is 0.321 e. The fourth-order valence-electron chi connectivity index (χ4n) is 3.53. The average Bonchev–Trinajstić information content (AvgIpc) is 3.35. The van der Waals surface area contributed by atoms with Crippen molar-refractivity contribution in [3.05, 3.63) is 54.7 Å². The molecule has 2 amide bonds. The maximum Gasteiger partial charge on any atom is 0.321 e. The molecule has 0 aliphatic carbocycles. The molecule has 4 rings (SSSR count). The quantitative estimate of drug-likeness (QED) is 0.743. The lowest BCUT2D eigenvalue weighted by atomic mass is 9.97. The molecule has 1 aliphatic rings. The van der Waals surface area contributed by atoms with Crippen LogP contribution < -0.4 is 5.32 Å². The van der Waals surface area contributed by atoms with E-state index in [1.54, 1.807) is 12.5 Å². The average molecular weight is 364 g/mol. The van der Waals surface area contributed by atoms with Gasteiger partial charge in [-0.05, 0) is 43.4 Å². The zero-order valence-electron chi connectivity index (χ0n) is 15.4. The summed E-state index contributed by atoms with van der Waals surface area (Å²) in [7, 11) is 0. The maximum absolute atomic E-state index is 12.6. The molecule has 1 saturated heterocycles. The highest BCUT2D eigenvalue weighted by atomic mass is 16.2. The van der Waals surface area contributed by atoms with Gasteiger partial charge in [0.2, 0.25) is 0 Å². The van der Waals surface area contributed by atoms with Crippen LogP contribution in [0.1, 0.15) is 18.4 Å². The highest BCUT2D eigenvalue weighted by Crippen LogP contribution is 2.22. The molecular weight excluding hydrogens is 340 g/mol. The number of carbonyl (C=O) groups is 1. The molecule has 0 saturated carbocycles. The molecule has 7 heteroatoms. The highest BCUT2D eigenvalue weighted by molar-refractivity contribution is 5.90. The molecule has 7 nitrogen and oxygen atoms in total. The van der Waals surface area contributed by atoms with Gasteiger partial charge in [0.05, 0.1) is 24.4 Å². The van der Waals surface area contributed by atoms with E-state index in [2.05, 4.69) is 33.5 Å². The molecule has 2 aromatic heterocycles. The first-order chi connectivity index (χ1) is 13.2. The van der Waals surface area contributed by atoms with Crippen molar-refractivity contribution in [2.45, 2.75) is 26.3 Å². The van der Waals surface area contributed by atoms with Gasteiger partial charge in [-0.15, -0.1) is 0 Å². The van der Waals surface area contributed by atoms with Crippen molar-refractivity contribution in [2.24, 2.45) is 5.92 Å². The monoisotopic (exact) mass is 364 g/mol. The number of benzene rings is 1. The third-order valence-electron chi connectivity index (χ3n) is 5.03. The summed E-state index contributed by atoms with van der Waals surface area (Å²) < 4.78 is 2.01. The van der Waals surface area contributed by atoms with E-state index in [4.69, 9.17) is 0 Å². The molecule has 2 N–H and O–H groups in total. The van der Waals surface area contributed by atoms with Crippen LogP contribution in [0.2, 0.25) is 0 Å². The largest absolute Gasteiger partial charge is 0.345 e. The number of anilines is 1. The normalized spacial score (nSPS) is 15.1. The van der Waals surface area contributed by atoms with E-state index in [9.17, 15) is 4.79 Å². The number of nitrogens with one attached hydrogen (secondary N) is 2. The molecule has 3 heterocycles. The SMILES string of the molecule is Cc1cnn(CC2CCN(C(=O)Nc3cccc(-c4cnc[nH]4)c3)CC2)c1. The van der Waals surface area contributed by atoms with E-state index >= 15 is 0 Å². The van der Waals surface area contributed by atoms with Crippen molar-refractivity contribution in [1.82, 2.24) is 24.6 Å². The number of carbonyl (C=O) groups excluding carboxylic acids is 1. The van der Waals surface area contributed by atoms with Gasteiger partial charge in [0, 0.05) is 37.1 Å². The highest BCUT2D eigenvalue weighted by Gasteiger charge is 2.23. The number of hydrogen-bond donors (Lipinski definition) is 2. The Morgan fingerprint density at radius 2 is 2.15 bits per heavy atom. The zero-order chi connectivity index (χ0) is 18.6. The minimum atomic E-state index is -0.0369. The number of likely N-dealkylation sites (tertiary alicyclic amines) is 1. The number of aryl methyl sites for hydroxylation is 1. The van der Waals surface area contributed by atoms with Gasteiger partial charge in [-0.25, -0.2) is 9.78 Å². The van der Waals surface area contributed by atoms with E-state index in [-0.39, 0.29) is 6.03 Å². The molecule has 0 unspecified atom stereocenters. The predicted octanol–water partition coefficient (Wildman–Crippen LogP) is 3.53. The number of nitrogens with zero attached hydrogens (tertiary/aromatic N) is 4. The summed E-state index contributed by atoms with van der Waals surface area (Å²) in [6, 6.07) is 7.75. The minimum absolute atomic E-state index is 0.0369. The van der Waals surface area contributed by atoms with Gasteiger partial charge >= 0.3 is 6.03 Å². The fraction of sp³-hybridized carbons (Fsp3) is 0.350. The second kappa shape index (κ2) is 7.65. The lowest BCUT2D eigenvalue weighted by Crippen LogP contribution is -2.41. The molecule has 0 radical (unpaired) electrons. The molecule has 1 fully saturated rings.